The number of rotatable bonds is 10. The van der Waals surface area contributed by atoms with E-state index in [2.05, 4.69) is 64.2 Å². The van der Waals surface area contributed by atoms with E-state index in [0.717, 1.165) is 38.8 Å². The van der Waals surface area contributed by atoms with Crippen molar-refractivity contribution in [1.82, 2.24) is 5.32 Å². The lowest BCUT2D eigenvalue weighted by Gasteiger charge is -2.40. The van der Waals surface area contributed by atoms with Crippen molar-refractivity contribution in [1.29, 1.82) is 0 Å². The predicted molar refractivity (Wildman–Crippen MR) is 91.9 cm³/mol. The van der Waals surface area contributed by atoms with Crippen molar-refractivity contribution < 1.29 is 4.74 Å². The Morgan fingerprint density at radius 2 is 1.76 bits per heavy atom. The van der Waals surface area contributed by atoms with Crippen LogP contribution in [0.3, 0.4) is 0 Å². The third-order valence-electron chi connectivity index (χ3n) is 4.59. The summed E-state index contributed by atoms with van der Waals surface area (Å²) in [6.45, 7) is 12.8. The lowest BCUT2D eigenvalue weighted by atomic mass is 9.83. The van der Waals surface area contributed by atoms with Crippen molar-refractivity contribution in [2.24, 2.45) is 0 Å². The summed E-state index contributed by atoms with van der Waals surface area (Å²) in [6, 6.07) is 9.07. The fourth-order valence-corrected chi connectivity index (χ4v) is 3.16. The van der Waals surface area contributed by atoms with E-state index in [9.17, 15) is 0 Å². The Kier molecular flexibility index (Phi) is 7.98. The maximum atomic E-state index is 6.24. The minimum atomic E-state index is -0.0633. The van der Waals surface area contributed by atoms with Gasteiger partial charge in [-0.25, -0.2) is 0 Å². The number of hydrogen-bond donors (Lipinski definition) is 1. The summed E-state index contributed by atoms with van der Waals surface area (Å²) in [5.74, 6) is 0. The lowest BCUT2D eigenvalue weighted by molar-refractivity contribution is -0.0718. The first-order valence-electron chi connectivity index (χ1n) is 8.55. The molecule has 0 heterocycles. The summed E-state index contributed by atoms with van der Waals surface area (Å²) in [4.78, 5) is 0. The third kappa shape index (κ3) is 4.82. The van der Waals surface area contributed by atoms with Gasteiger partial charge in [-0.05, 0) is 57.2 Å². The van der Waals surface area contributed by atoms with E-state index in [1.165, 1.54) is 11.1 Å². The van der Waals surface area contributed by atoms with Gasteiger partial charge in [-0.15, -0.1) is 0 Å². The van der Waals surface area contributed by atoms with Gasteiger partial charge >= 0.3 is 0 Å². The zero-order valence-corrected chi connectivity index (χ0v) is 14.5. The van der Waals surface area contributed by atoms with E-state index >= 15 is 0 Å². The summed E-state index contributed by atoms with van der Waals surface area (Å²) < 4.78 is 6.24. The molecule has 2 heteroatoms. The monoisotopic (exact) mass is 291 g/mol. The van der Waals surface area contributed by atoms with Crippen molar-refractivity contribution >= 4 is 0 Å². The fourth-order valence-electron chi connectivity index (χ4n) is 3.16. The average Bonchev–Trinajstić information content (AvgIpc) is 2.51. The molecule has 1 rings (SSSR count). The van der Waals surface area contributed by atoms with Crippen LogP contribution in [0, 0.1) is 6.92 Å². The molecule has 1 N–H and O–H groups in total. The standard InChI is InChI=1S/C19H33NO/c1-6-14-20-18(19(7-2,8-3)21-9-4)15-17-13-11-10-12-16(17)5/h10-13,18,20H,6-9,14-15H2,1-5H3. The number of nitrogens with one attached hydrogen (secondary N) is 1. The molecule has 0 aromatic heterocycles. The summed E-state index contributed by atoms with van der Waals surface area (Å²) >= 11 is 0. The number of hydrogen-bond acceptors (Lipinski definition) is 2. The van der Waals surface area contributed by atoms with Gasteiger partial charge in [-0.1, -0.05) is 45.0 Å². The van der Waals surface area contributed by atoms with Gasteiger partial charge in [0.05, 0.1) is 5.60 Å². The molecular weight excluding hydrogens is 258 g/mol. The maximum absolute atomic E-state index is 6.24. The van der Waals surface area contributed by atoms with Crippen LogP contribution in [0.5, 0.6) is 0 Å². The summed E-state index contributed by atoms with van der Waals surface area (Å²) in [6.07, 6.45) is 4.28. The molecule has 21 heavy (non-hydrogen) atoms. The smallest absolute Gasteiger partial charge is 0.0832 e. The molecule has 2 nitrogen and oxygen atoms in total. The van der Waals surface area contributed by atoms with E-state index < -0.39 is 0 Å². The first kappa shape index (κ1) is 18.2. The van der Waals surface area contributed by atoms with Gasteiger partial charge in [0.1, 0.15) is 0 Å². The summed E-state index contributed by atoms with van der Waals surface area (Å²) in [5, 5.41) is 3.75. The van der Waals surface area contributed by atoms with Crippen molar-refractivity contribution in [3.63, 3.8) is 0 Å². The van der Waals surface area contributed by atoms with Crippen LogP contribution in [-0.2, 0) is 11.2 Å². The summed E-state index contributed by atoms with van der Waals surface area (Å²) in [7, 11) is 0. The van der Waals surface area contributed by atoms with Gasteiger partial charge in [-0.3, -0.25) is 0 Å². The molecule has 1 aromatic rings. The molecule has 0 aliphatic carbocycles. The molecule has 1 aromatic carbocycles. The van der Waals surface area contributed by atoms with Gasteiger partial charge in [-0.2, -0.15) is 0 Å². The molecule has 120 valence electrons. The minimum absolute atomic E-state index is 0.0633. The topological polar surface area (TPSA) is 21.3 Å². The fraction of sp³-hybridized carbons (Fsp3) is 0.684. The Bertz CT molecular complexity index is 398. The molecule has 1 atom stereocenters. The molecule has 0 aliphatic heterocycles. The van der Waals surface area contributed by atoms with Gasteiger partial charge in [0.15, 0.2) is 0 Å². The molecule has 1 unspecified atom stereocenters. The van der Waals surface area contributed by atoms with Gasteiger partial charge in [0, 0.05) is 12.6 Å². The van der Waals surface area contributed by atoms with Gasteiger partial charge in [0.25, 0.3) is 0 Å². The Morgan fingerprint density at radius 3 is 2.29 bits per heavy atom. The normalized spacial score (nSPS) is 13.4. The Balaban J connectivity index is 3.00. The van der Waals surface area contributed by atoms with E-state index in [-0.39, 0.29) is 5.60 Å². The summed E-state index contributed by atoms with van der Waals surface area (Å²) in [5.41, 5.74) is 2.74. The van der Waals surface area contributed by atoms with Crippen LogP contribution in [0.4, 0.5) is 0 Å². The molecule has 0 radical (unpaired) electrons. The zero-order chi connectivity index (χ0) is 15.7. The molecule has 0 bridgehead atoms. The highest BCUT2D eigenvalue weighted by Crippen LogP contribution is 2.28. The Hall–Kier alpha value is -0.860. The van der Waals surface area contributed by atoms with Crippen LogP contribution in [0.1, 0.15) is 58.1 Å². The van der Waals surface area contributed by atoms with Crippen LogP contribution >= 0.6 is 0 Å². The van der Waals surface area contributed by atoms with Crippen LogP contribution in [-0.4, -0.2) is 24.8 Å². The maximum Gasteiger partial charge on any atom is 0.0832 e. The zero-order valence-electron chi connectivity index (χ0n) is 14.5. The van der Waals surface area contributed by atoms with Crippen LogP contribution in [0.15, 0.2) is 24.3 Å². The lowest BCUT2D eigenvalue weighted by Crippen LogP contribution is -2.53. The van der Waals surface area contributed by atoms with Crippen molar-refractivity contribution in [3.05, 3.63) is 35.4 Å². The molecule has 0 spiro atoms. The number of aryl methyl sites for hydroxylation is 1. The first-order chi connectivity index (χ1) is 10.1. The largest absolute Gasteiger partial charge is 0.374 e. The highest BCUT2D eigenvalue weighted by atomic mass is 16.5. The van der Waals surface area contributed by atoms with Crippen molar-refractivity contribution in [2.45, 2.75) is 71.9 Å². The Labute approximate surface area is 131 Å². The number of benzene rings is 1. The van der Waals surface area contributed by atoms with Crippen molar-refractivity contribution in [2.75, 3.05) is 13.2 Å². The quantitative estimate of drug-likeness (QED) is 0.685. The molecule has 0 saturated carbocycles. The molecular formula is C19H33NO. The SMILES string of the molecule is CCCNC(Cc1ccccc1C)C(CC)(CC)OCC. The average molecular weight is 291 g/mol. The van der Waals surface area contributed by atoms with Crippen LogP contribution in [0.25, 0.3) is 0 Å². The molecule has 0 amide bonds. The number of ether oxygens (including phenoxy) is 1. The predicted octanol–water partition coefficient (Wildman–Crippen LogP) is 4.50. The van der Waals surface area contributed by atoms with E-state index in [0.29, 0.717) is 6.04 Å². The third-order valence-corrected chi connectivity index (χ3v) is 4.59. The highest BCUT2D eigenvalue weighted by molar-refractivity contribution is 5.27. The molecule has 0 saturated heterocycles. The Morgan fingerprint density at radius 1 is 1.10 bits per heavy atom. The first-order valence-corrected chi connectivity index (χ1v) is 8.55. The van der Waals surface area contributed by atoms with E-state index in [4.69, 9.17) is 4.74 Å². The van der Waals surface area contributed by atoms with Crippen molar-refractivity contribution in [3.8, 4) is 0 Å². The second-order valence-corrected chi connectivity index (χ2v) is 5.84. The van der Waals surface area contributed by atoms with Gasteiger partial charge < -0.3 is 10.1 Å². The molecule has 0 aliphatic rings. The minimum Gasteiger partial charge on any atom is -0.374 e. The van der Waals surface area contributed by atoms with Gasteiger partial charge in [0.2, 0.25) is 0 Å². The second kappa shape index (κ2) is 9.22. The highest BCUT2D eigenvalue weighted by Gasteiger charge is 2.36. The second-order valence-electron chi connectivity index (χ2n) is 5.84. The van der Waals surface area contributed by atoms with Crippen LogP contribution in [0.2, 0.25) is 0 Å². The van der Waals surface area contributed by atoms with E-state index in [1.807, 2.05) is 0 Å². The van der Waals surface area contributed by atoms with E-state index in [1.54, 1.807) is 0 Å². The molecule has 0 fully saturated rings. The van der Waals surface area contributed by atoms with Crippen LogP contribution < -0.4 is 5.32 Å².